The predicted molar refractivity (Wildman–Crippen MR) is 149 cm³/mol. The van der Waals surface area contributed by atoms with Crippen molar-refractivity contribution < 1.29 is 19.0 Å². The van der Waals surface area contributed by atoms with Gasteiger partial charge >= 0.3 is 0 Å². The molecule has 1 saturated heterocycles. The summed E-state index contributed by atoms with van der Waals surface area (Å²) in [6.07, 6.45) is 2.33. The highest BCUT2D eigenvalue weighted by Gasteiger charge is 2.48. The Kier molecular flexibility index (Phi) is 11.3. The maximum absolute atomic E-state index is 13.3. The van der Waals surface area contributed by atoms with Gasteiger partial charge in [0.2, 0.25) is 5.91 Å². The van der Waals surface area contributed by atoms with Crippen molar-refractivity contribution in [1.29, 1.82) is 0 Å². The molecule has 0 aromatic heterocycles. The Labute approximate surface area is 226 Å². The molecule has 2 N–H and O–H groups in total. The van der Waals surface area contributed by atoms with Crippen LogP contribution in [0.2, 0.25) is 0 Å². The van der Waals surface area contributed by atoms with E-state index in [1.165, 1.54) is 0 Å². The van der Waals surface area contributed by atoms with E-state index in [1.54, 1.807) is 0 Å². The zero-order chi connectivity index (χ0) is 26.4. The number of carbonyl (C=O) groups excluding carboxylic acids is 1. The standard InChI is InChI=1S/C32H40N2O4/c1-2-3-13-20-33-32(35)29-31(38-23-27-18-11-6-12-19-27)30(37-22-26-16-9-5-10-17-26)28(34-29)24-36-21-25-14-7-4-8-15-25/h4-12,14-19,28-31,34H,2-3,13,20-24H2,1H3,(H,33,35)/t28-,29+,30+,31-/m1/s1. The Morgan fingerprint density at radius 2 is 1.26 bits per heavy atom. The van der Waals surface area contributed by atoms with Gasteiger partial charge in [-0.15, -0.1) is 0 Å². The van der Waals surface area contributed by atoms with E-state index in [1.807, 2.05) is 91.0 Å². The van der Waals surface area contributed by atoms with Gasteiger partial charge in [0, 0.05) is 6.54 Å². The zero-order valence-electron chi connectivity index (χ0n) is 22.3. The van der Waals surface area contributed by atoms with Crippen LogP contribution in [0.15, 0.2) is 91.0 Å². The van der Waals surface area contributed by atoms with E-state index in [0.717, 1.165) is 36.0 Å². The van der Waals surface area contributed by atoms with E-state index in [0.29, 0.717) is 33.0 Å². The molecule has 0 bridgehead atoms. The average molecular weight is 517 g/mol. The number of benzene rings is 3. The average Bonchev–Trinajstić information content (AvgIpc) is 3.32. The number of ether oxygens (including phenoxy) is 3. The molecular weight excluding hydrogens is 476 g/mol. The first-order valence-corrected chi connectivity index (χ1v) is 13.7. The van der Waals surface area contributed by atoms with Crippen LogP contribution in [-0.2, 0) is 38.8 Å². The lowest BCUT2D eigenvalue weighted by Crippen LogP contribution is -2.48. The number of hydrogen-bond donors (Lipinski definition) is 2. The molecule has 6 heteroatoms. The maximum Gasteiger partial charge on any atom is 0.239 e. The molecule has 0 spiro atoms. The molecule has 1 aliphatic rings. The Hall–Kier alpha value is -3.03. The Morgan fingerprint density at radius 1 is 0.737 bits per heavy atom. The molecule has 4 rings (SSSR count). The molecular formula is C32H40N2O4. The van der Waals surface area contributed by atoms with Gasteiger partial charge in [-0.1, -0.05) is 111 Å². The number of unbranched alkanes of at least 4 members (excludes halogenated alkanes) is 2. The second-order valence-corrected chi connectivity index (χ2v) is 9.77. The summed E-state index contributed by atoms with van der Waals surface area (Å²) in [5, 5.41) is 6.61. The third kappa shape index (κ3) is 8.50. The summed E-state index contributed by atoms with van der Waals surface area (Å²) in [7, 11) is 0. The molecule has 0 unspecified atom stereocenters. The summed E-state index contributed by atoms with van der Waals surface area (Å²) in [5.41, 5.74) is 3.24. The number of rotatable bonds is 15. The summed E-state index contributed by atoms with van der Waals surface area (Å²) in [6.45, 7) is 4.53. The van der Waals surface area contributed by atoms with Gasteiger partial charge in [-0.2, -0.15) is 0 Å². The quantitative estimate of drug-likeness (QED) is 0.278. The first kappa shape index (κ1) is 28.0. The van der Waals surface area contributed by atoms with Crippen LogP contribution in [0.5, 0.6) is 0 Å². The zero-order valence-corrected chi connectivity index (χ0v) is 22.3. The van der Waals surface area contributed by atoms with Crippen LogP contribution >= 0.6 is 0 Å². The molecule has 38 heavy (non-hydrogen) atoms. The number of amides is 1. The van der Waals surface area contributed by atoms with Crippen molar-refractivity contribution >= 4 is 5.91 Å². The van der Waals surface area contributed by atoms with Gasteiger partial charge in [-0.05, 0) is 23.1 Å². The first-order valence-electron chi connectivity index (χ1n) is 13.7. The summed E-state index contributed by atoms with van der Waals surface area (Å²) >= 11 is 0. The third-order valence-electron chi connectivity index (χ3n) is 6.78. The largest absolute Gasteiger partial charge is 0.375 e. The first-order chi connectivity index (χ1) is 18.7. The van der Waals surface area contributed by atoms with Gasteiger partial charge in [0.05, 0.1) is 32.5 Å². The minimum absolute atomic E-state index is 0.0574. The number of nitrogens with one attached hydrogen (secondary N) is 2. The van der Waals surface area contributed by atoms with E-state index in [2.05, 4.69) is 17.6 Å². The molecule has 3 aromatic carbocycles. The van der Waals surface area contributed by atoms with Crippen molar-refractivity contribution in [3.8, 4) is 0 Å². The lowest BCUT2D eigenvalue weighted by atomic mass is 10.1. The van der Waals surface area contributed by atoms with Crippen molar-refractivity contribution in [3.63, 3.8) is 0 Å². The van der Waals surface area contributed by atoms with E-state index in [-0.39, 0.29) is 18.1 Å². The predicted octanol–water partition coefficient (Wildman–Crippen LogP) is 5.02. The van der Waals surface area contributed by atoms with E-state index >= 15 is 0 Å². The molecule has 1 heterocycles. The van der Waals surface area contributed by atoms with Crippen molar-refractivity contribution in [2.24, 2.45) is 0 Å². The van der Waals surface area contributed by atoms with Crippen molar-refractivity contribution in [3.05, 3.63) is 108 Å². The smallest absolute Gasteiger partial charge is 0.239 e. The van der Waals surface area contributed by atoms with Gasteiger partial charge in [-0.3, -0.25) is 10.1 Å². The SMILES string of the molecule is CCCCCNC(=O)[C@H]1N[C@H](COCc2ccccc2)[C@H](OCc2ccccc2)[C@@H]1OCc1ccccc1. The van der Waals surface area contributed by atoms with Crippen molar-refractivity contribution in [2.75, 3.05) is 13.2 Å². The minimum atomic E-state index is -0.536. The van der Waals surface area contributed by atoms with Crippen LogP contribution in [-0.4, -0.2) is 43.4 Å². The fourth-order valence-corrected chi connectivity index (χ4v) is 4.72. The lowest BCUT2D eigenvalue weighted by molar-refractivity contribution is -0.130. The normalized spacial score (nSPS) is 20.9. The molecule has 0 aliphatic carbocycles. The second-order valence-electron chi connectivity index (χ2n) is 9.77. The summed E-state index contributed by atoms with van der Waals surface area (Å²) < 4.78 is 19.0. The molecule has 4 atom stereocenters. The van der Waals surface area contributed by atoms with Crippen LogP contribution in [0, 0.1) is 0 Å². The van der Waals surface area contributed by atoms with E-state index in [9.17, 15) is 4.79 Å². The molecule has 1 fully saturated rings. The number of hydrogen-bond acceptors (Lipinski definition) is 5. The third-order valence-corrected chi connectivity index (χ3v) is 6.78. The van der Waals surface area contributed by atoms with Gasteiger partial charge in [0.15, 0.2) is 0 Å². The van der Waals surface area contributed by atoms with Gasteiger partial charge in [-0.25, -0.2) is 0 Å². The molecule has 0 radical (unpaired) electrons. The highest BCUT2D eigenvalue weighted by molar-refractivity contribution is 5.83. The minimum Gasteiger partial charge on any atom is -0.375 e. The van der Waals surface area contributed by atoms with E-state index < -0.39 is 12.1 Å². The summed E-state index contributed by atoms with van der Waals surface area (Å²) in [6, 6.07) is 29.5. The molecule has 6 nitrogen and oxygen atoms in total. The van der Waals surface area contributed by atoms with Crippen LogP contribution in [0.1, 0.15) is 42.9 Å². The lowest BCUT2D eigenvalue weighted by Gasteiger charge is -2.26. The van der Waals surface area contributed by atoms with Crippen molar-refractivity contribution in [2.45, 2.75) is 70.3 Å². The van der Waals surface area contributed by atoms with Crippen LogP contribution in [0.4, 0.5) is 0 Å². The number of carbonyl (C=O) groups is 1. The molecule has 1 aliphatic heterocycles. The maximum atomic E-state index is 13.3. The van der Waals surface area contributed by atoms with E-state index in [4.69, 9.17) is 14.2 Å². The highest BCUT2D eigenvalue weighted by Crippen LogP contribution is 2.25. The fourth-order valence-electron chi connectivity index (χ4n) is 4.72. The van der Waals surface area contributed by atoms with Crippen LogP contribution < -0.4 is 10.6 Å². The van der Waals surface area contributed by atoms with Gasteiger partial charge in [0.1, 0.15) is 18.2 Å². The topological polar surface area (TPSA) is 68.8 Å². The highest BCUT2D eigenvalue weighted by atomic mass is 16.5. The molecule has 0 saturated carbocycles. The van der Waals surface area contributed by atoms with Gasteiger partial charge in [0.25, 0.3) is 0 Å². The fraction of sp³-hybridized carbons (Fsp3) is 0.406. The molecule has 3 aromatic rings. The Bertz CT molecular complexity index is 1060. The second kappa shape index (κ2) is 15.4. The van der Waals surface area contributed by atoms with Crippen molar-refractivity contribution in [1.82, 2.24) is 10.6 Å². The monoisotopic (exact) mass is 516 g/mol. The van der Waals surface area contributed by atoms with Crippen LogP contribution in [0.25, 0.3) is 0 Å². The Balaban J connectivity index is 1.48. The molecule has 202 valence electrons. The molecule has 1 amide bonds. The Morgan fingerprint density at radius 3 is 1.82 bits per heavy atom. The summed E-state index contributed by atoms with van der Waals surface area (Å²) in [5.74, 6) is -0.0574. The summed E-state index contributed by atoms with van der Waals surface area (Å²) in [4.78, 5) is 13.3. The van der Waals surface area contributed by atoms with Gasteiger partial charge < -0.3 is 19.5 Å². The van der Waals surface area contributed by atoms with Crippen LogP contribution in [0.3, 0.4) is 0 Å².